The van der Waals surface area contributed by atoms with E-state index in [4.69, 9.17) is 5.11 Å². The lowest BCUT2D eigenvalue weighted by Gasteiger charge is -2.30. The zero-order valence-corrected chi connectivity index (χ0v) is 8.77. The molecule has 1 saturated heterocycles. The molecule has 0 bridgehead atoms. The molecule has 0 unspecified atom stereocenters. The summed E-state index contributed by atoms with van der Waals surface area (Å²) in [6.07, 6.45) is 2.45. The van der Waals surface area contributed by atoms with Crippen LogP contribution < -0.4 is 5.32 Å². The molecule has 1 aliphatic rings. The van der Waals surface area contributed by atoms with Gasteiger partial charge in [-0.25, -0.2) is 0 Å². The van der Waals surface area contributed by atoms with Crippen LogP contribution >= 0.6 is 12.4 Å². The summed E-state index contributed by atoms with van der Waals surface area (Å²) < 4.78 is 0. The normalized spacial score (nSPS) is 27.8. The Kier molecular flexibility index (Phi) is 6.08. The van der Waals surface area contributed by atoms with Crippen LogP contribution in [0.5, 0.6) is 0 Å². The number of carboxylic acids is 1. The standard InChI is InChI=1S/C9H17NO2.ClH/c1-2-7-6-10-4-3-8(7)5-9(11)12;/h7-8,10H,2-6H2,1H3,(H,11,12);1H/t7-,8-;/m0./s1. The van der Waals surface area contributed by atoms with Gasteiger partial charge in [0.2, 0.25) is 0 Å². The summed E-state index contributed by atoms with van der Waals surface area (Å²) in [7, 11) is 0. The van der Waals surface area contributed by atoms with Gasteiger partial charge in [-0.1, -0.05) is 13.3 Å². The molecule has 0 aromatic heterocycles. The molecule has 2 atom stereocenters. The molecular weight excluding hydrogens is 190 g/mol. The molecule has 0 aliphatic carbocycles. The zero-order chi connectivity index (χ0) is 8.97. The molecule has 13 heavy (non-hydrogen) atoms. The molecule has 0 spiro atoms. The lowest BCUT2D eigenvalue weighted by atomic mass is 9.82. The highest BCUT2D eigenvalue weighted by Gasteiger charge is 2.25. The molecule has 78 valence electrons. The van der Waals surface area contributed by atoms with Gasteiger partial charge in [-0.15, -0.1) is 12.4 Å². The van der Waals surface area contributed by atoms with Crippen molar-refractivity contribution in [1.82, 2.24) is 5.32 Å². The highest BCUT2D eigenvalue weighted by molar-refractivity contribution is 5.85. The van der Waals surface area contributed by atoms with Gasteiger partial charge in [0, 0.05) is 6.42 Å². The van der Waals surface area contributed by atoms with Crippen LogP contribution in [0.25, 0.3) is 0 Å². The van der Waals surface area contributed by atoms with Gasteiger partial charge in [0.15, 0.2) is 0 Å². The molecule has 2 N–H and O–H groups in total. The van der Waals surface area contributed by atoms with Gasteiger partial charge < -0.3 is 10.4 Å². The number of piperidine rings is 1. The van der Waals surface area contributed by atoms with E-state index < -0.39 is 5.97 Å². The average molecular weight is 208 g/mol. The van der Waals surface area contributed by atoms with Crippen molar-refractivity contribution in [1.29, 1.82) is 0 Å². The Morgan fingerprint density at radius 1 is 1.54 bits per heavy atom. The second-order valence-corrected chi connectivity index (χ2v) is 3.52. The van der Waals surface area contributed by atoms with Crippen LogP contribution in [0.4, 0.5) is 0 Å². The van der Waals surface area contributed by atoms with Gasteiger partial charge in [-0.05, 0) is 31.3 Å². The van der Waals surface area contributed by atoms with E-state index in [-0.39, 0.29) is 12.4 Å². The number of rotatable bonds is 3. The largest absolute Gasteiger partial charge is 0.481 e. The van der Waals surface area contributed by atoms with Gasteiger partial charge in [-0.3, -0.25) is 4.79 Å². The Morgan fingerprint density at radius 3 is 2.77 bits per heavy atom. The predicted molar refractivity (Wildman–Crippen MR) is 54.3 cm³/mol. The number of nitrogens with one attached hydrogen (secondary N) is 1. The molecule has 1 aliphatic heterocycles. The number of carbonyl (C=O) groups is 1. The van der Waals surface area contributed by atoms with Gasteiger partial charge in [0.05, 0.1) is 0 Å². The quantitative estimate of drug-likeness (QED) is 0.738. The second-order valence-electron chi connectivity index (χ2n) is 3.52. The van der Waals surface area contributed by atoms with Crippen LogP contribution in [-0.2, 0) is 4.79 Å². The summed E-state index contributed by atoms with van der Waals surface area (Å²) >= 11 is 0. The van der Waals surface area contributed by atoms with Crippen molar-refractivity contribution >= 4 is 18.4 Å². The molecule has 0 amide bonds. The molecule has 1 heterocycles. The molecule has 0 saturated carbocycles. The second kappa shape index (κ2) is 6.22. The number of carboxylic acid groups (broad SMARTS) is 1. The van der Waals surface area contributed by atoms with E-state index in [1.165, 1.54) is 0 Å². The van der Waals surface area contributed by atoms with Crippen molar-refractivity contribution < 1.29 is 9.90 Å². The van der Waals surface area contributed by atoms with Crippen molar-refractivity contribution in [3.05, 3.63) is 0 Å². The van der Waals surface area contributed by atoms with Crippen LogP contribution in [0.3, 0.4) is 0 Å². The first kappa shape index (κ1) is 12.7. The maximum atomic E-state index is 10.5. The third kappa shape index (κ3) is 3.96. The molecule has 1 fully saturated rings. The maximum absolute atomic E-state index is 10.5. The Labute approximate surface area is 85.3 Å². The average Bonchev–Trinajstić information content (AvgIpc) is 2.04. The SMILES string of the molecule is CC[C@H]1CNCC[C@H]1CC(=O)O.Cl. The van der Waals surface area contributed by atoms with Crippen molar-refractivity contribution in [2.24, 2.45) is 11.8 Å². The van der Waals surface area contributed by atoms with Crippen LogP contribution in [0.15, 0.2) is 0 Å². The van der Waals surface area contributed by atoms with Crippen molar-refractivity contribution in [2.75, 3.05) is 13.1 Å². The van der Waals surface area contributed by atoms with Crippen LogP contribution in [0.1, 0.15) is 26.2 Å². The zero-order valence-electron chi connectivity index (χ0n) is 7.95. The molecule has 1 rings (SSSR count). The third-order valence-corrected chi connectivity index (χ3v) is 2.73. The fourth-order valence-corrected chi connectivity index (χ4v) is 1.95. The highest BCUT2D eigenvalue weighted by Crippen LogP contribution is 2.24. The van der Waals surface area contributed by atoms with Gasteiger partial charge >= 0.3 is 5.97 Å². The van der Waals surface area contributed by atoms with E-state index in [9.17, 15) is 4.79 Å². The van der Waals surface area contributed by atoms with E-state index in [1.54, 1.807) is 0 Å². The van der Waals surface area contributed by atoms with Gasteiger partial charge in [0.25, 0.3) is 0 Å². The fourth-order valence-electron chi connectivity index (χ4n) is 1.95. The van der Waals surface area contributed by atoms with E-state index in [2.05, 4.69) is 12.2 Å². The van der Waals surface area contributed by atoms with E-state index in [0.717, 1.165) is 25.9 Å². The van der Waals surface area contributed by atoms with Gasteiger partial charge in [-0.2, -0.15) is 0 Å². The summed E-state index contributed by atoms with van der Waals surface area (Å²) in [6.45, 7) is 4.11. The Balaban J connectivity index is 0.00000144. The molecule has 4 heteroatoms. The minimum Gasteiger partial charge on any atom is -0.481 e. The van der Waals surface area contributed by atoms with Crippen LogP contribution in [0, 0.1) is 11.8 Å². The van der Waals surface area contributed by atoms with Crippen molar-refractivity contribution in [3.63, 3.8) is 0 Å². The Bertz CT molecular complexity index is 164. The molecular formula is C9H18ClNO2. The van der Waals surface area contributed by atoms with E-state index >= 15 is 0 Å². The van der Waals surface area contributed by atoms with Crippen molar-refractivity contribution in [3.8, 4) is 0 Å². The lowest BCUT2D eigenvalue weighted by molar-refractivity contribution is -0.138. The Hall–Kier alpha value is -0.280. The maximum Gasteiger partial charge on any atom is 0.303 e. The first-order valence-corrected chi connectivity index (χ1v) is 4.66. The van der Waals surface area contributed by atoms with Crippen LogP contribution in [-0.4, -0.2) is 24.2 Å². The summed E-state index contributed by atoms with van der Waals surface area (Å²) in [5, 5.41) is 12.0. The minimum absolute atomic E-state index is 0. The van der Waals surface area contributed by atoms with Crippen molar-refractivity contribution in [2.45, 2.75) is 26.2 Å². The highest BCUT2D eigenvalue weighted by atomic mass is 35.5. The predicted octanol–water partition coefficient (Wildman–Crippen LogP) is 1.52. The first-order chi connectivity index (χ1) is 5.74. The molecule has 0 radical (unpaired) electrons. The van der Waals surface area contributed by atoms with E-state index in [1.807, 2.05) is 0 Å². The molecule has 0 aromatic carbocycles. The van der Waals surface area contributed by atoms with Gasteiger partial charge in [0.1, 0.15) is 0 Å². The smallest absolute Gasteiger partial charge is 0.303 e. The summed E-state index contributed by atoms with van der Waals surface area (Å²) in [4.78, 5) is 10.5. The summed E-state index contributed by atoms with van der Waals surface area (Å²) in [5.41, 5.74) is 0. The number of hydrogen-bond acceptors (Lipinski definition) is 2. The number of hydrogen-bond donors (Lipinski definition) is 2. The molecule has 0 aromatic rings. The van der Waals surface area contributed by atoms with E-state index in [0.29, 0.717) is 18.3 Å². The summed E-state index contributed by atoms with van der Waals surface area (Å²) in [5.74, 6) is 0.309. The first-order valence-electron chi connectivity index (χ1n) is 4.66. The topological polar surface area (TPSA) is 49.3 Å². The number of aliphatic carboxylic acids is 1. The number of halogens is 1. The molecule has 3 nitrogen and oxygen atoms in total. The minimum atomic E-state index is -0.652. The monoisotopic (exact) mass is 207 g/mol. The van der Waals surface area contributed by atoms with Crippen LogP contribution in [0.2, 0.25) is 0 Å². The Morgan fingerprint density at radius 2 is 2.23 bits per heavy atom. The lowest BCUT2D eigenvalue weighted by Crippen LogP contribution is -2.37. The third-order valence-electron chi connectivity index (χ3n) is 2.73. The summed E-state index contributed by atoms with van der Waals surface area (Å²) in [6, 6.07) is 0. The fraction of sp³-hybridized carbons (Fsp3) is 0.889.